The molecule has 6 heteroatoms. The van der Waals surface area contributed by atoms with Crippen LogP contribution in [0, 0.1) is 6.92 Å². The highest BCUT2D eigenvalue weighted by atomic mass is 16.5. The molecule has 0 saturated heterocycles. The van der Waals surface area contributed by atoms with E-state index in [-0.39, 0.29) is 24.4 Å². The average Bonchev–Trinajstić information content (AvgIpc) is 2.62. The minimum Gasteiger partial charge on any atom is -0.496 e. The van der Waals surface area contributed by atoms with E-state index in [2.05, 4.69) is 16.0 Å². The summed E-state index contributed by atoms with van der Waals surface area (Å²) in [5.41, 5.74) is 3.34. The number of carbonyl (C=O) groups excluding carboxylic acids is 2. The van der Waals surface area contributed by atoms with Crippen LogP contribution in [0.15, 0.2) is 42.5 Å². The number of hydrogen-bond acceptors (Lipinski definition) is 4. The highest BCUT2D eigenvalue weighted by Gasteiger charge is 2.14. The Morgan fingerprint density at radius 3 is 2.46 bits per heavy atom. The number of methoxy groups -OCH3 is 1. The molecule has 0 heterocycles. The predicted molar refractivity (Wildman–Crippen MR) is 104 cm³/mol. The summed E-state index contributed by atoms with van der Waals surface area (Å²) < 4.78 is 5.34. The van der Waals surface area contributed by atoms with E-state index in [0.717, 1.165) is 28.3 Å². The maximum atomic E-state index is 12.3. The molecule has 2 aromatic carbocycles. The zero-order valence-corrected chi connectivity index (χ0v) is 15.6. The molecular weight excluding hydrogens is 330 g/mol. The molecule has 2 rings (SSSR count). The quantitative estimate of drug-likeness (QED) is 0.712. The van der Waals surface area contributed by atoms with Gasteiger partial charge in [-0.1, -0.05) is 24.3 Å². The third-order valence-corrected chi connectivity index (χ3v) is 4.07. The number of benzene rings is 2. The van der Waals surface area contributed by atoms with Crippen molar-refractivity contribution >= 4 is 23.2 Å². The lowest BCUT2D eigenvalue weighted by atomic mass is 10.1. The second-order valence-electron chi connectivity index (χ2n) is 6.04. The maximum absolute atomic E-state index is 12.3. The van der Waals surface area contributed by atoms with Gasteiger partial charge in [0.1, 0.15) is 5.75 Å². The van der Waals surface area contributed by atoms with E-state index in [1.807, 2.05) is 56.3 Å². The van der Waals surface area contributed by atoms with Crippen molar-refractivity contribution in [3.8, 4) is 5.75 Å². The number of rotatable bonds is 7. The van der Waals surface area contributed by atoms with Crippen LogP contribution in [0.2, 0.25) is 0 Å². The first-order valence-electron chi connectivity index (χ1n) is 8.45. The fourth-order valence-corrected chi connectivity index (χ4v) is 2.72. The summed E-state index contributed by atoms with van der Waals surface area (Å²) in [4.78, 5) is 23.5. The molecule has 0 aliphatic carbocycles. The standard InChI is InChI=1S/C20H25N3O3/c1-13-17(9-7-10-18(13)23-15(3)24)21-12-20(25)22-14(2)16-8-5-6-11-19(16)26-4/h5-11,14,21H,12H2,1-4H3,(H,22,25)(H,23,24). The molecule has 26 heavy (non-hydrogen) atoms. The van der Waals surface area contributed by atoms with E-state index in [0.29, 0.717) is 0 Å². The van der Waals surface area contributed by atoms with Crippen LogP contribution in [0.1, 0.15) is 31.0 Å². The molecule has 6 nitrogen and oxygen atoms in total. The lowest BCUT2D eigenvalue weighted by Crippen LogP contribution is -2.32. The normalized spacial score (nSPS) is 11.4. The molecule has 2 amide bonds. The molecule has 0 bridgehead atoms. The van der Waals surface area contributed by atoms with E-state index in [1.54, 1.807) is 7.11 Å². The molecule has 0 saturated carbocycles. The lowest BCUT2D eigenvalue weighted by Gasteiger charge is -2.18. The number of carbonyl (C=O) groups is 2. The number of ether oxygens (including phenoxy) is 1. The maximum Gasteiger partial charge on any atom is 0.239 e. The van der Waals surface area contributed by atoms with Crippen LogP contribution in [0.5, 0.6) is 5.75 Å². The largest absolute Gasteiger partial charge is 0.496 e. The van der Waals surface area contributed by atoms with Crippen molar-refractivity contribution in [2.24, 2.45) is 0 Å². The smallest absolute Gasteiger partial charge is 0.239 e. The topological polar surface area (TPSA) is 79.5 Å². The monoisotopic (exact) mass is 355 g/mol. The van der Waals surface area contributed by atoms with Gasteiger partial charge >= 0.3 is 0 Å². The highest BCUT2D eigenvalue weighted by Crippen LogP contribution is 2.25. The van der Waals surface area contributed by atoms with Crippen LogP contribution in [0.3, 0.4) is 0 Å². The van der Waals surface area contributed by atoms with Gasteiger partial charge in [0.2, 0.25) is 11.8 Å². The molecule has 0 spiro atoms. The number of para-hydroxylation sites is 1. The summed E-state index contributed by atoms with van der Waals surface area (Å²) in [6, 6.07) is 13.0. The van der Waals surface area contributed by atoms with Gasteiger partial charge in [-0.05, 0) is 37.6 Å². The van der Waals surface area contributed by atoms with Crippen molar-refractivity contribution in [1.29, 1.82) is 0 Å². The van der Waals surface area contributed by atoms with E-state index >= 15 is 0 Å². The highest BCUT2D eigenvalue weighted by molar-refractivity contribution is 5.91. The Labute approximate surface area is 153 Å². The number of amides is 2. The second-order valence-corrected chi connectivity index (χ2v) is 6.04. The summed E-state index contributed by atoms with van der Waals surface area (Å²) in [5.74, 6) is 0.480. The molecule has 138 valence electrons. The van der Waals surface area contributed by atoms with Gasteiger partial charge in [0.25, 0.3) is 0 Å². The van der Waals surface area contributed by atoms with E-state index in [1.165, 1.54) is 6.92 Å². The minimum absolute atomic E-state index is 0.129. The Hall–Kier alpha value is -3.02. The van der Waals surface area contributed by atoms with Gasteiger partial charge in [-0.3, -0.25) is 9.59 Å². The van der Waals surface area contributed by atoms with Crippen molar-refractivity contribution in [2.75, 3.05) is 24.3 Å². The average molecular weight is 355 g/mol. The zero-order valence-electron chi connectivity index (χ0n) is 15.6. The SMILES string of the molecule is COc1ccccc1C(C)NC(=O)CNc1cccc(NC(C)=O)c1C. The van der Waals surface area contributed by atoms with Crippen LogP contribution in [0.25, 0.3) is 0 Å². The molecule has 3 N–H and O–H groups in total. The Bertz CT molecular complexity index is 790. The van der Waals surface area contributed by atoms with Gasteiger partial charge in [0.05, 0.1) is 19.7 Å². The van der Waals surface area contributed by atoms with Crippen LogP contribution < -0.4 is 20.7 Å². The first-order valence-corrected chi connectivity index (χ1v) is 8.45. The van der Waals surface area contributed by atoms with Crippen LogP contribution in [-0.2, 0) is 9.59 Å². The summed E-state index contributed by atoms with van der Waals surface area (Å²) in [7, 11) is 1.61. The Kier molecular flexibility index (Phi) is 6.60. The Morgan fingerprint density at radius 1 is 1.08 bits per heavy atom. The first kappa shape index (κ1) is 19.3. The van der Waals surface area contributed by atoms with Crippen molar-refractivity contribution in [3.63, 3.8) is 0 Å². The fourth-order valence-electron chi connectivity index (χ4n) is 2.72. The summed E-state index contributed by atoms with van der Waals surface area (Å²) >= 11 is 0. The Morgan fingerprint density at radius 2 is 1.77 bits per heavy atom. The van der Waals surface area contributed by atoms with Gasteiger partial charge in [0.15, 0.2) is 0 Å². The third kappa shape index (κ3) is 4.99. The molecule has 2 aromatic rings. The lowest BCUT2D eigenvalue weighted by molar-refractivity contribution is -0.120. The van der Waals surface area contributed by atoms with Gasteiger partial charge in [-0.2, -0.15) is 0 Å². The molecular formula is C20H25N3O3. The molecule has 0 aromatic heterocycles. The van der Waals surface area contributed by atoms with E-state index < -0.39 is 0 Å². The third-order valence-electron chi connectivity index (χ3n) is 4.07. The number of hydrogen-bond donors (Lipinski definition) is 3. The molecule has 0 aliphatic rings. The molecule has 1 unspecified atom stereocenters. The van der Waals surface area contributed by atoms with Crippen molar-refractivity contribution in [2.45, 2.75) is 26.8 Å². The van der Waals surface area contributed by atoms with Gasteiger partial charge in [-0.25, -0.2) is 0 Å². The summed E-state index contributed by atoms with van der Waals surface area (Å²) in [6.45, 7) is 5.40. The van der Waals surface area contributed by atoms with Gasteiger partial charge in [-0.15, -0.1) is 0 Å². The van der Waals surface area contributed by atoms with E-state index in [9.17, 15) is 9.59 Å². The predicted octanol–water partition coefficient (Wildman–Crippen LogP) is 3.25. The van der Waals surface area contributed by atoms with Crippen LogP contribution in [-0.4, -0.2) is 25.5 Å². The molecule has 0 aliphatic heterocycles. The van der Waals surface area contributed by atoms with Crippen molar-refractivity contribution in [3.05, 3.63) is 53.6 Å². The van der Waals surface area contributed by atoms with Crippen LogP contribution in [0.4, 0.5) is 11.4 Å². The molecule has 0 radical (unpaired) electrons. The van der Waals surface area contributed by atoms with Crippen LogP contribution >= 0.6 is 0 Å². The fraction of sp³-hybridized carbons (Fsp3) is 0.300. The van der Waals surface area contributed by atoms with E-state index in [4.69, 9.17) is 4.74 Å². The number of anilines is 2. The number of nitrogens with one attached hydrogen (secondary N) is 3. The van der Waals surface area contributed by atoms with Crippen molar-refractivity contribution < 1.29 is 14.3 Å². The summed E-state index contributed by atoms with van der Waals surface area (Å²) in [5, 5.41) is 8.85. The van der Waals surface area contributed by atoms with Crippen molar-refractivity contribution in [1.82, 2.24) is 5.32 Å². The summed E-state index contributed by atoms with van der Waals surface area (Å²) in [6.07, 6.45) is 0. The van der Waals surface area contributed by atoms with Gasteiger partial charge in [0, 0.05) is 23.9 Å². The molecule has 0 fully saturated rings. The minimum atomic E-state index is -0.174. The second kappa shape index (κ2) is 8.89. The molecule has 1 atom stereocenters. The first-order chi connectivity index (χ1) is 12.4. The Balaban J connectivity index is 1.98. The zero-order chi connectivity index (χ0) is 19.1. The van der Waals surface area contributed by atoms with Gasteiger partial charge < -0.3 is 20.7 Å².